The van der Waals surface area contributed by atoms with Gasteiger partial charge >= 0.3 is 0 Å². The molecule has 0 aromatic carbocycles. The van der Waals surface area contributed by atoms with E-state index in [4.69, 9.17) is 0 Å². The Morgan fingerprint density at radius 2 is 2.06 bits per heavy atom. The molecule has 4 nitrogen and oxygen atoms in total. The van der Waals surface area contributed by atoms with Crippen molar-refractivity contribution < 1.29 is 8.42 Å². The van der Waals surface area contributed by atoms with Crippen LogP contribution in [0.1, 0.15) is 25.6 Å². The van der Waals surface area contributed by atoms with Crippen molar-refractivity contribution in [2.24, 2.45) is 0 Å². The Morgan fingerprint density at radius 1 is 1.39 bits per heavy atom. The summed E-state index contributed by atoms with van der Waals surface area (Å²) in [6.45, 7) is 6.69. The SMILES string of the molecule is CC(C)NCC(C)S(=O)(=O)N(C)Cc1cccs1. The molecule has 0 aliphatic heterocycles. The summed E-state index contributed by atoms with van der Waals surface area (Å²) in [4.78, 5) is 1.06. The molecule has 0 aliphatic carbocycles. The first-order valence-electron chi connectivity index (χ1n) is 6.05. The van der Waals surface area contributed by atoms with Crippen molar-refractivity contribution in [3.05, 3.63) is 22.4 Å². The Balaban J connectivity index is 2.61. The zero-order valence-electron chi connectivity index (χ0n) is 11.4. The van der Waals surface area contributed by atoms with Crippen LogP contribution in [0.15, 0.2) is 17.5 Å². The lowest BCUT2D eigenvalue weighted by Gasteiger charge is -2.22. The minimum absolute atomic E-state index is 0.297. The lowest BCUT2D eigenvalue weighted by molar-refractivity contribution is 0.453. The van der Waals surface area contributed by atoms with Gasteiger partial charge in [0.25, 0.3) is 0 Å². The smallest absolute Gasteiger partial charge is 0.218 e. The van der Waals surface area contributed by atoms with Crippen LogP contribution in [0, 0.1) is 0 Å². The second-order valence-corrected chi connectivity index (χ2v) is 8.24. The molecule has 18 heavy (non-hydrogen) atoms. The summed E-state index contributed by atoms with van der Waals surface area (Å²) in [6, 6.07) is 4.18. The van der Waals surface area contributed by atoms with Crippen molar-refractivity contribution in [1.29, 1.82) is 0 Å². The molecule has 1 unspecified atom stereocenters. The highest BCUT2D eigenvalue weighted by molar-refractivity contribution is 7.89. The summed E-state index contributed by atoms with van der Waals surface area (Å²) >= 11 is 1.58. The van der Waals surface area contributed by atoms with Gasteiger partial charge < -0.3 is 5.32 Å². The van der Waals surface area contributed by atoms with Crippen LogP contribution in [-0.2, 0) is 16.6 Å². The van der Waals surface area contributed by atoms with Gasteiger partial charge in [0.05, 0.1) is 5.25 Å². The van der Waals surface area contributed by atoms with Gasteiger partial charge in [-0.15, -0.1) is 11.3 Å². The van der Waals surface area contributed by atoms with Crippen molar-refractivity contribution >= 4 is 21.4 Å². The first-order valence-corrected chi connectivity index (χ1v) is 8.43. The third kappa shape index (κ3) is 4.35. The molecule has 1 heterocycles. The van der Waals surface area contributed by atoms with Gasteiger partial charge in [0.15, 0.2) is 0 Å². The van der Waals surface area contributed by atoms with Gasteiger partial charge in [-0.3, -0.25) is 0 Å². The zero-order chi connectivity index (χ0) is 13.8. The third-order valence-corrected chi connectivity index (χ3v) is 5.76. The molecule has 1 N–H and O–H groups in total. The molecule has 1 aromatic heterocycles. The van der Waals surface area contributed by atoms with E-state index in [0.717, 1.165) is 4.88 Å². The quantitative estimate of drug-likeness (QED) is 0.834. The van der Waals surface area contributed by atoms with Crippen LogP contribution < -0.4 is 5.32 Å². The first kappa shape index (κ1) is 15.6. The molecule has 0 aliphatic rings. The minimum atomic E-state index is -3.23. The second kappa shape index (κ2) is 6.65. The number of rotatable bonds is 7. The molecule has 1 rings (SSSR count). The molecule has 0 saturated carbocycles. The van der Waals surface area contributed by atoms with E-state index in [2.05, 4.69) is 5.32 Å². The van der Waals surface area contributed by atoms with Crippen molar-refractivity contribution in [2.45, 2.75) is 38.6 Å². The van der Waals surface area contributed by atoms with E-state index in [-0.39, 0.29) is 0 Å². The lowest BCUT2D eigenvalue weighted by Crippen LogP contribution is -2.41. The summed E-state index contributed by atoms with van der Waals surface area (Å²) in [5.74, 6) is 0. The maximum absolute atomic E-state index is 12.3. The fraction of sp³-hybridized carbons (Fsp3) is 0.667. The van der Waals surface area contributed by atoms with Gasteiger partial charge in [0, 0.05) is 31.1 Å². The van der Waals surface area contributed by atoms with Gasteiger partial charge in [-0.05, 0) is 18.4 Å². The molecule has 0 saturated heterocycles. The predicted octanol–water partition coefficient (Wildman–Crippen LogP) is 1.90. The van der Waals surface area contributed by atoms with E-state index in [9.17, 15) is 8.42 Å². The highest BCUT2D eigenvalue weighted by Gasteiger charge is 2.25. The molecule has 0 bridgehead atoms. The molecule has 0 spiro atoms. The summed E-state index contributed by atoms with van der Waals surface area (Å²) in [5.41, 5.74) is 0. The van der Waals surface area contributed by atoms with Crippen LogP contribution in [-0.4, -0.2) is 37.6 Å². The van der Waals surface area contributed by atoms with Crippen molar-refractivity contribution in [3.63, 3.8) is 0 Å². The average molecular weight is 290 g/mol. The Hall–Kier alpha value is -0.430. The zero-order valence-corrected chi connectivity index (χ0v) is 13.0. The van der Waals surface area contributed by atoms with Crippen LogP contribution in [0.4, 0.5) is 0 Å². The highest BCUT2D eigenvalue weighted by Crippen LogP contribution is 2.15. The van der Waals surface area contributed by atoms with Gasteiger partial charge in [-0.1, -0.05) is 19.9 Å². The van der Waals surface area contributed by atoms with Crippen LogP contribution in [0.3, 0.4) is 0 Å². The van der Waals surface area contributed by atoms with Crippen molar-refractivity contribution in [1.82, 2.24) is 9.62 Å². The first-order chi connectivity index (χ1) is 8.34. The van der Waals surface area contributed by atoms with E-state index in [1.54, 1.807) is 25.3 Å². The van der Waals surface area contributed by atoms with E-state index >= 15 is 0 Å². The molecule has 0 radical (unpaired) electrons. The summed E-state index contributed by atoms with van der Waals surface area (Å²) in [5, 5.41) is 4.71. The van der Waals surface area contributed by atoms with Gasteiger partial charge in [0.1, 0.15) is 0 Å². The van der Waals surface area contributed by atoms with E-state index < -0.39 is 15.3 Å². The maximum atomic E-state index is 12.3. The highest BCUT2D eigenvalue weighted by atomic mass is 32.2. The lowest BCUT2D eigenvalue weighted by atomic mass is 10.3. The number of hydrogen-bond donors (Lipinski definition) is 1. The molecule has 104 valence electrons. The topological polar surface area (TPSA) is 49.4 Å². The fourth-order valence-corrected chi connectivity index (χ4v) is 3.61. The van der Waals surface area contributed by atoms with Gasteiger partial charge in [-0.2, -0.15) is 4.31 Å². The van der Waals surface area contributed by atoms with E-state index in [1.165, 1.54) is 4.31 Å². The second-order valence-electron chi connectivity index (χ2n) is 4.75. The Morgan fingerprint density at radius 3 is 2.56 bits per heavy atom. The minimum Gasteiger partial charge on any atom is -0.313 e. The van der Waals surface area contributed by atoms with Crippen LogP contribution >= 0.6 is 11.3 Å². The van der Waals surface area contributed by atoms with Crippen LogP contribution in [0.5, 0.6) is 0 Å². The summed E-state index contributed by atoms with van der Waals surface area (Å²) in [6.07, 6.45) is 0. The van der Waals surface area contributed by atoms with Crippen LogP contribution in [0.25, 0.3) is 0 Å². The Bertz CT molecular complexity index is 441. The third-order valence-electron chi connectivity index (χ3n) is 2.72. The number of sulfonamides is 1. The maximum Gasteiger partial charge on any atom is 0.218 e. The molecular formula is C12H22N2O2S2. The molecular weight excluding hydrogens is 268 g/mol. The van der Waals surface area contributed by atoms with Crippen molar-refractivity contribution in [2.75, 3.05) is 13.6 Å². The molecule has 0 amide bonds. The van der Waals surface area contributed by atoms with Gasteiger partial charge in [-0.25, -0.2) is 8.42 Å². The average Bonchev–Trinajstić information content (AvgIpc) is 2.78. The van der Waals surface area contributed by atoms with E-state index in [1.807, 2.05) is 31.4 Å². The number of nitrogens with zero attached hydrogens (tertiary/aromatic N) is 1. The molecule has 6 heteroatoms. The number of nitrogens with one attached hydrogen (secondary N) is 1. The summed E-state index contributed by atoms with van der Waals surface area (Å²) < 4.78 is 26.0. The Labute approximate surface area is 114 Å². The fourth-order valence-electron chi connectivity index (χ4n) is 1.53. The normalized spacial score (nSPS) is 14.3. The molecule has 1 aromatic rings. The predicted molar refractivity (Wildman–Crippen MR) is 77.3 cm³/mol. The molecule has 0 fully saturated rings. The standard InChI is InChI=1S/C12H22N2O2S2/c1-10(2)13-8-11(3)18(15,16)14(4)9-12-6-5-7-17-12/h5-7,10-11,13H,8-9H2,1-4H3. The summed E-state index contributed by atoms with van der Waals surface area (Å²) in [7, 11) is -1.59. The van der Waals surface area contributed by atoms with E-state index in [0.29, 0.717) is 19.1 Å². The Kier molecular flexibility index (Phi) is 5.78. The number of hydrogen-bond acceptors (Lipinski definition) is 4. The number of thiophene rings is 1. The van der Waals surface area contributed by atoms with Crippen molar-refractivity contribution in [3.8, 4) is 0 Å². The van der Waals surface area contributed by atoms with Gasteiger partial charge in [0.2, 0.25) is 10.0 Å². The molecule has 1 atom stereocenters. The van der Waals surface area contributed by atoms with Crippen LogP contribution in [0.2, 0.25) is 0 Å². The monoisotopic (exact) mass is 290 g/mol. The largest absolute Gasteiger partial charge is 0.313 e.